The number of rotatable bonds is 8. The molecule has 3 rings (SSSR count). The van der Waals surface area contributed by atoms with Crippen molar-refractivity contribution >= 4 is 15.9 Å². The number of methoxy groups -OCH3 is 1. The smallest absolute Gasteiger partial charge is 0.257 e. The average molecular weight is 447 g/mol. The van der Waals surface area contributed by atoms with Crippen molar-refractivity contribution in [2.24, 2.45) is 0 Å². The molecule has 0 unspecified atom stereocenters. The van der Waals surface area contributed by atoms with Crippen molar-refractivity contribution in [3.05, 3.63) is 58.7 Å². The highest BCUT2D eigenvalue weighted by molar-refractivity contribution is 7.89. The van der Waals surface area contributed by atoms with Crippen LogP contribution in [0, 0.1) is 0 Å². The molecule has 31 heavy (non-hydrogen) atoms. The molecule has 1 amide bonds. The molecule has 0 bridgehead atoms. The van der Waals surface area contributed by atoms with Crippen molar-refractivity contribution in [1.82, 2.24) is 9.62 Å². The largest absolute Gasteiger partial charge is 0.496 e. The van der Waals surface area contributed by atoms with Gasteiger partial charge in [-0.05, 0) is 47.7 Å². The van der Waals surface area contributed by atoms with Crippen LogP contribution in [0.15, 0.2) is 41.3 Å². The molecular weight excluding hydrogens is 416 g/mol. The van der Waals surface area contributed by atoms with Gasteiger partial charge in [-0.3, -0.25) is 4.79 Å². The standard InChI is InChI=1S/C23H30N2O5S/c1-4-17-6-7-18(5-2)19(14-17)16-24-31(27,28)20-8-9-22(29-3)21(15-20)23(26)25-10-12-30-13-11-25/h6-9,14-15,24H,4-5,10-13,16H2,1-3H3. The van der Waals surface area contributed by atoms with E-state index in [9.17, 15) is 13.2 Å². The van der Waals surface area contributed by atoms with Gasteiger partial charge in [-0.25, -0.2) is 13.1 Å². The maximum absolute atomic E-state index is 13.0. The van der Waals surface area contributed by atoms with E-state index in [0.717, 1.165) is 29.5 Å². The second kappa shape index (κ2) is 10.3. The molecule has 0 radical (unpaired) electrons. The van der Waals surface area contributed by atoms with Crippen molar-refractivity contribution < 1.29 is 22.7 Å². The van der Waals surface area contributed by atoms with E-state index < -0.39 is 10.0 Å². The normalized spacial score (nSPS) is 14.5. The van der Waals surface area contributed by atoms with Crippen LogP contribution in [0.25, 0.3) is 0 Å². The van der Waals surface area contributed by atoms with E-state index in [-0.39, 0.29) is 22.9 Å². The molecule has 1 N–H and O–H groups in total. The van der Waals surface area contributed by atoms with Crippen molar-refractivity contribution in [3.8, 4) is 5.75 Å². The molecule has 1 heterocycles. The molecule has 0 aliphatic carbocycles. The van der Waals surface area contributed by atoms with Crippen molar-refractivity contribution in [2.45, 2.75) is 38.1 Å². The van der Waals surface area contributed by atoms with Gasteiger partial charge in [0.1, 0.15) is 5.75 Å². The highest BCUT2D eigenvalue weighted by Crippen LogP contribution is 2.25. The summed E-state index contributed by atoms with van der Waals surface area (Å²) in [5, 5.41) is 0. The molecule has 8 heteroatoms. The maximum Gasteiger partial charge on any atom is 0.257 e. The van der Waals surface area contributed by atoms with E-state index in [1.807, 2.05) is 13.0 Å². The van der Waals surface area contributed by atoms with Gasteiger partial charge in [0.15, 0.2) is 0 Å². The Morgan fingerprint density at radius 2 is 1.81 bits per heavy atom. The number of nitrogens with one attached hydrogen (secondary N) is 1. The Balaban J connectivity index is 1.85. The lowest BCUT2D eigenvalue weighted by molar-refractivity contribution is 0.0300. The molecule has 1 aliphatic heterocycles. The number of amides is 1. The van der Waals surface area contributed by atoms with E-state index in [0.29, 0.717) is 32.1 Å². The number of aryl methyl sites for hydroxylation is 2. The van der Waals surface area contributed by atoms with Crippen LogP contribution in [0.5, 0.6) is 5.75 Å². The van der Waals surface area contributed by atoms with E-state index in [4.69, 9.17) is 9.47 Å². The van der Waals surface area contributed by atoms with Gasteiger partial charge >= 0.3 is 0 Å². The molecule has 0 saturated carbocycles. The average Bonchev–Trinajstić information content (AvgIpc) is 2.82. The Morgan fingerprint density at radius 1 is 1.06 bits per heavy atom. The monoisotopic (exact) mass is 446 g/mol. The summed E-state index contributed by atoms with van der Waals surface area (Å²) in [5.41, 5.74) is 3.46. The van der Waals surface area contributed by atoms with Crippen LogP contribution < -0.4 is 9.46 Å². The fraction of sp³-hybridized carbons (Fsp3) is 0.435. The molecule has 0 atom stereocenters. The number of hydrogen-bond acceptors (Lipinski definition) is 5. The third kappa shape index (κ3) is 5.44. The Labute approximate surface area is 184 Å². The maximum atomic E-state index is 13.0. The molecule has 1 saturated heterocycles. The molecular formula is C23H30N2O5S. The van der Waals surface area contributed by atoms with Gasteiger partial charge in [0.2, 0.25) is 10.0 Å². The Hall–Kier alpha value is -2.42. The fourth-order valence-electron chi connectivity index (χ4n) is 3.62. The van der Waals surface area contributed by atoms with Crippen molar-refractivity contribution in [3.63, 3.8) is 0 Å². The number of ether oxygens (including phenoxy) is 2. The van der Waals surface area contributed by atoms with Crippen LogP contribution in [0.4, 0.5) is 0 Å². The summed E-state index contributed by atoms with van der Waals surface area (Å²) in [5.74, 6) is 0.0838. The van der Waals surface area contributed by atoms with E-state index in [1.165, 1.54) is 25.3 Å². The van der Waals surface area contributed by atoms with Crippen LogP contribution in [-0.4, -0.2) is 52.6 Å². The highest BCUT2D eigenvalue weighted by atomic mass is 32.2. The SMILES string of the molecule is CCc1ccc(CC)c(CNS(=O)(=O)c2ccc(OC)c(C(=O)N3CCOCC3)c2)c1. The van der Waals surface area contributed by atoms with Gasteiger partial charge < -0.3 is 14.4 Å². The third-order valence-electron chi connectivity index (χ3n) is 5.52. The van der Waals surface area contributed by atoms with Crippen LogP contribution in [0.2, 0.25) is 0 Å². The number of carbonyl (C=O) groups excluding carboxylic acids is 1. The van der Waals surface area contributed by atoms with Gasteiger partial charge in [-0.1, -0.05) is 32.0 Å². The molecule has 2 aromatic carbocycles. The molecule has 168 valence electrons. The number of carbonyl (C=O) groups is 1. The number of benzene rings is 2. The molecule has 1 fully saturated rings. The van der Waals surface area contributed by atoms with E-state index >= 15 is 0 Å². The summed E-state index contributed by atoms with van der Waals surface area (Å²) in [6.45, 7) is 6.16. The van der Waals surface area contributed by atoms with Gasteiger partial charge in [0.05, 0.1) is 30.8 Å². The summed E-state index contributed by atoms with van der Waals surface area (Å²) in [7, 11) is -2.35. The Morgan fingerprint density at radius 3 is 2.45 bits per heavy atom. The Kier molecular flexibility index (Phi) is 7.69. The molecule has 0 spiro atoms. The van der Waals surface area contributed by atoms with Crippen LogP contribution in [0.3, 0.4) is 0 Å². The molecule has 0 aromatic heterocycles. The minimum atomic E-state index is -3.82. The molecule has 2 aromatic rings. The first-order valence-corrected chi connectivity index (χ1v) is 12.0. The number of nitrogens with zero attached hydrogens (tertiary/aromatic N) is 1. The summed E-state index contributed by atoms with van der Waals surface area (Å²) < 4.78 is 39.3. The lowest BCUT2D eigenvalue weighted by Crippen LogP contribution is -2.40. The summed E-state index contributed by atoms with van der Waals surface area (Å²) in [4.78, 5) is 14.7. The predicted molar refractivity (Wildman–Crippen MR) is 119 cm³/mol. The zero-order chi connectivity index (χ0) is 22.4. The summed E-state index contributed by atoms with van der Waals surface area (Å²) in [6.07, 6.45) is 1.71. The molecule has 7 nitrogen and oxygen atoms in total. The fourth-order valence-corrected chi connectivity index (χ4v) is 4.66. The topological polar surface area (TPSA) is 84.9 Å². The minimum absolute atomic E-state index is 0.0367. The first kappa shape index (κ1) is 23.2. The number of morpholine rings is 1. The summed E-state index contributed by atoms with van der Waals surface area (Å²) >= 11 is 0. The van der Waals surface area contributed by atoms with E-state index in [2.05, 4.69) is 23.8 Å². The van der Waals surface area contributed by atoms with Crippen molar-refractivity contribution in [2.75, 3.05) is 33.4 Å². The van der Waals surface area contributed by atoms with Gasteiger partial charge in [-0.15, -0.1) is 0 Å². The van der Waals surface area contributed by atoms with Crippen LogP contribution in [-0.2, 0) is 34.1 Å². The van der Waals surface area contributed by atoms with Crippen LogP contribution >= 0.6 is 0 Å². The third-order valence-corrected chi connectivity index (χ3v) is 6.92. The van der Waals surface area contributed by atoms with E-state index in [1.54, 1.807) is 4.90 Å². The highest BCUT2D eigenvalue weighted by Gasteiger charge is 2.24. The Bertz CT molecular complexity index is 1030. The lowest BCUT2D eigenvalue weighted by atomic mass is 10.0. The quantitative estimate of drug-likeness (QED) is 0.674. The van der Waals surface area contributed by atoms with Gasteiger partial charge in [-0.2, -0.15) is 0 Å². The molecule has 1 aliphatic rings. The zero-order valence-corrected chi connectivity index (χ0v) is 19.1. The second-order valence-electron chi connectivity index (χ2n) is 7.40. The lowest BCUT2D eigenvalue weighted by Gasteiger charge is -2.27. The zero-order valence-electron chi connectivity index (χ0n) is 18.3. The van der Waals surface area contributed by atoms with Gasteiger partial charge in [0.25, 0.3) is 5.91 Å². The summed E-state index contributed by atoms with van der Waals surface area (Å²) in [6, 6.07) is 10.5. The minimum Gasteiger partial charge on any atom is -0.496 e. The first-order chi connectivity index (χ1) is 14.9. The van der Waals surface area contributed by atoms with Gasteiger partial charge in [0, 0.05) is 19.6 Å². The van der Waals surface area contributed by atoms with Crippen LogP contribution in [0.1, 0.15) is 40.9 Å². The first-order valence-electron chi connectivity index (χ1n) is 10.5. The van der Waals surface area contributed by atoms with Crippen molar-refractivity contribution in [1.29, 1.82) is 0 Å². The number of sulfonamides is 1. The predicted octanol–water partition coefficient (Wildman–Crippen LogP) is 2.77. The second-order valence-corrected chi connectivity index (χ2v) is 9.17. The number of hydrogen-bond donors (Lipinski definition) is 1.